The number of hydrogen-bond donors (Lipinski definition) is 1. The molecule has 1 aliphatic rings. The van der Waals surface area contributed by atoms with Crippen molar-refractivity contribution in [1.29, 1.82) is 0 Å². The van der Waals surface area contributed by atoms with Gasteiger partial charge in [-0.15, -0.1) is 0 Å². The average Bonchev–Trinajstić information content (AvgIpc) is 3.05. The van der Waals surface area contributed by atoms with Gasteiger partial charge in [-0.05, 0) is 48.9 Å². The van der Waals surface area contributed by atoms with Crippen molar-refractivity contribution in [1.82, 2.24) is 15.1 Å². The second-order valence-electron chi connectivity index (χ2n) is 5.62. The SMILES string of the molecule is Cn1ccc(CNC2CCC(c3cccc(F)c3)C2)n1. The highest BCUT2D eigenvalue weighted by Gasteiger charge is 2.25. The molecule has 1 saturated carbocycles. The van der Waals surface area contributed by atoms with Gasteiger partial charge in [-0.1, -0.05) is 12.1 Å². The Morgan fingerprint density at radius 2 is 2.25 bits per heavy atom. The Bertz CT molecular complexity index is 579. The number of aryl methyl sites for hydroxylation is 1. The van der Waals surface area contributed by atoms with Crippen LogP contribution in [0.25, 0.3) is 0 Å². The summed E-state index contributed by atoms with van der Waals surface area (Å²) in [5, 5.41) is 7.92. The average molecular weight is 273 g/mol. The molecule has 1 heterocycles. The van der Waals surface area contributed by atoms with Crippen molar-refractivity contribution >= 4 is 0 Å². The summed E-state index contributed by atoms with van der Waals surface area (Å²) in [7, 11) is 1.93. The molecular weight excluding hydrogens is 253 g/mol. The number of rotatable bonds is 4. The molecule has 0 radical (unpaired) electrons. The first-order valence-electron chi connectivity index (χ1n) is 7.18. The molecule has 0 aliphatic heterocycles. The fourth-order valence-electron chi connectivity index (χ4n) is 3.04. The van der Waals surface area contributed by atoms with Crippen molar-refractivity contribution in [2.24, 2.45) is 7.05 Å². The summed E-state index contributed by atoms with van der Waals surface area (Å²) in [5.74, 6) is 0.347. The van der Waals surface area contributed by atoms with Gasteiger partial charge < -0.3 is 5.32 Å². The van der Waals surface area contributed by atoms with Gasteiger partial charge in [0.25, 0.3) is 0 Å². The van der Waals surface area contributed by atoms with Gasteiger partial charge >= 0.3 is 0 Å². The van der Waals surface area contributed by atoms with E-state index in [1.807, 2.05) is 30.1 Å². The van der Waals surface area contributed by atoms with Gasteiger partial charge in [-0.25, -0.2) is 4.39 Å². The van der Waals surface area contributed by atoms with E-state index in [0.29, 0.717) is 12.0 Å². The fraction of sp³-hybridized carbons (Fsp3) is 0.438. The van der Waals surface area contributed by atoms with Crippen LogP contribution in [-0.2, 0) is 13.6 Å². The van der Waals surface area contributed by atoms with E-state index < -0.39 is 0 Å². The van der Waals surface area contributed by atoms with Crippen molar-refractivity contribution < 1.29 is 4.39 Å². The van der Waals surface area contributed by atoms with Crippen LogP contribution in [0.2, 0.25) is 0 Å². The highest BCUT2D eigenvalue weighted by atomic mass is 19.1. The van der Waals surface area contributed by atoms with E-state index in [9.17, 15) is 4.39 Å². The first kappa shape index (κ1) is 13.3. The molecule has 2 unspecified atom stereocenters. The van der Waals surface area contributed by atoms with Gasteiger partial charge in [0.05, 0.1) is 5.69 Å². The third-order valence-corrected chi connectivity index (χ3v) is 4.09. The second-order valence-corrected chi connectivity index (χ2v) is 5.62. The molecule has 1 fully saturated rings. The van der Waals surface area contributed by atoms with E-state index in [1.165, 1.54) is 6.07 Å². The van der Waals surface area contributed by atoms with Crippen molar-refractivity contribution in [3.8, 4) is 0 Å². The zero-order valence-electron chi connectivity index (χ0n) is 11.7. The topological polar surface area (TPSA) is 29.9 Å². The van der Waals surface area contributed by atoms with Gasteiger partial charge in [0.2, 0.25) is 0 Å². The molecule has 0 saturated heterocycles. The molecule has 0 spiro atoms. The molecule has 106 valence electrons. The van der Waals surface area contributed by atoms with E-state index in [4.69, 9.17) is 0 Å². The molecule has 1 aromatic carbocycles. The molecule has 1 N–H and O–H groups in total. The maximum atomic E-state index is 13.3. The van der Waals surface area contributed by atoms with E-state index in [2.05, 4.69) is 10.4 Å². The van der Waals surface area contributed by atoms with E-state index in [1.54, 1.807) is 12.1 Å². The van der Waals surface area contributed by atoms with Crippen LogP contribution in [0.4, 0.5) is 4.39 Å². The lowest BCUT2D eigenvalue weighted by atomic mass is 9.97. The Kier molecular flexibility index (Phi) is 3.83. The van der Waals surface area contributed by atoms with Crippen molar-refractivity contribution in [3.63, 3.8) is 0 Å². The normalized spacial score (nSPS) is 22.3. The van der Waals surface area contributed by atoms with Crippen LogP contribution in [-0.4, -0.2) is 15.8 Å². The quantitative estimate of drug-likeness (QED) is 0.928. The maximum Gasteiger partial charge on any atom is 0.123 e. The largest absolute Gasteiger partial charge is 0.308 e. The second kappa shape index (κ2) is 5.75. The van der Waals surface area contributed by atoms with Gasteiger partial charge in [0, 0.05) is 25.8 Å². The molecule has 20 heavy (non-hydrogen) atoms. The third kappa shape index (κ3) is 3.07. The van der Waals surface area contributed by atoms with Crippen LogP contribution in [0.5, 0.6) is 0 Å². The molecule has 3 nitrogen and oxygen atoms in total. The summed E-state index contributed by atoms with van der Waals surface area (Å²) < 4.78 is 15.1. The molecular formula is C16H20FN3. The van der Waals surface area contributed by atoms with Crippen LogP contribution in [0.15, 0.2) is 36.5 Å². The number of aromatic nitrogens is 2. The Morgan fingerprint density at radius 3 is 3.00 bits per heavy atom. The first-order valence-corrected chi connectivity index (χ1v) is 7.18. The monoisotopic (exact) mass is 273 g/mol. The molecule has 0 bridgehead atoms. The zero-order chi connectivity index (χ0) is 13.9. The number of halogens is 1. The maximum absolute atomic E-state index is 13.3. The number of hydrogen-bond acceptors (Lipinski definition) is 2. The van der Waals surface area contributed by atoms with Crippen molar-refractivity contribution in [3.05, 3.63) is 53.6 Å². The summed E-state index contributed by atoms with van der Waals surface area (Å²) in [5.41, 5.74) is 2.20. The lowest BCUT2D eigenvalue weighted by molar-refractivity contribution is 0.509. The van der Waals surface area contributed by atoms with Gasteiger partial charge in [0.15, 0.2) is 0 Å². The third-order valence-electron chi connectivity index (χ3n) is 4.09. The smallest absolute Gasteiger partial charge is 0.123 e. The first-order chi connectivity index (χ1) is 9.70. The zero-order valence-corrected chi connectivity index (χ0v) is 11.7. The Morgan fingerprint density at radius 1 is 1.35 bits per heavy atom. The molecule has 2 aromatic rings. The molecule has 3 rings (SSSR count). The minimum atomic E-state index is -0.132. The van der Waals surface area contributed by atoms with E-state index >= 15 is 0 Å². The minimum absolute atomic E-state index is 0.132. The number of nitrogens with zero attached hydrogens (tertiary/aromatic N) is 2. The summed E-state index contributed by atoms with van der Waals surface area (Å²) in [6.45, 7) is 0.807. The molecule has 0 amide bonds. The fourth-order valence-corrected chi connectivity index (χ4v) is 3.04. The Labute approximate surface area is 118 Å². The van der Waals surface area contributed by atoms with Gasteiger partial charge in [-0.3, -0.25) is 4.68 Å². The summed E-state index contributed by atoms with van der Waals surface area (Å²) in [4.78, 5) is 0. The minimum Gasteiger partial charge on any atom is -0.308 e. The summed E-state index contributed by atoms with van der Waals surface area (Å²) in [6.07, 6.45) is 5.31. The van der Waals surface area contributed by atoms with E-state index in [0.717, 1.165) is 37.1 Å². The molecule has 1 aliphatic carbocycles. The predicted molar refractivity (Wildman–Crippen MR) is 76.8 cm³/mol. The standard InChI is InChI=1S/C16H20FN3/c1-20-8-7-16(19-20)11-18-15-6-5-13(10-15)12-3-2-4-14(17)9-12/h2-4,7-9,13,15,18H,5-6,10-11H2,1H3. The lowest BCUT2D eigenvalue weighted by Crippen LogP contribution is -2.26. The van der Waals surface area contributed by atoms with Crippen LogP contribution in [0.1, 0.15) is 36.4 Å². The molecule has 4 heteroatoms. The Balaban J connectivity index is 1.54. The lowest BCUT2D eigenvalue weighted by Gasteiger charge is -2.13. The number of nitrogens with one attached hydrogen (secondary N) is 1. The molecule has 1 aromatic heterocycles. The van der Waals surface area contributed by atoms with Crippen LogP contribution in [0.3, 0.4) is 0 Å². The Hall–Kier alpha value is -1.68. The van der Waals surface area contributed by atoms with Gasteiger partial charge in [-0.2, -0.15) is 5.10 Å². The van der Waals surface area contributed by atoms with Crippen LogP contribution >= 0.6 is 0 Å². The predicted octanol–water partition coefficient (Wildman–Crippen LogP) is 2.99. The summed E-state index contributed by atoms with van der Waals surface area (Å²) in [6, 6.07) is 9.56. The van der Waals surface area contributed by atoms with Crippen molar-refractivity contribution in [2.75, 3.05) is 0 Å². The highest BCUT2D eigenvalue weighted by Crippen LogP contribution is 2.34. The molecule has 2 atom stereocenters. The van der Waals surface area contributed by atoms with Crippen LogP contribution in [0, 0.1) is 5.82 Å². The summed E-state index contributed by atoms with van der Waals surface area (Å²) >= 11 is 0. The number of benzene rings is 1. The highest BCUT2D eigenvalue weighted by molar-refractivity contribution is 5.22. The van der Waals surface area contributed by atoms with Crippen LogP contribution < -0.4 is 5.32 Å². The van der Waals surface area contributed by atoms with Gasteiger partial charge in [0.1, 0.15) is 5.82 Å². The van der Waals surface area contributed by atoms with Crippen molar-refractivity contribution in [2.45, 2.75) is 37.8 Å². The van der Waals surface area contributed by atoms with E-state index in [-0.39, 0.29) is 5.82 Å².